The van der Waals surface area contributed by atoms with Crippen LogP contribution >= 0.6 is 0 Å². The van der Waals surface area contributed by atoms with Gasteiger partial charge in [0.25, 0.3) is 0 Å². The van der Waals surface area contributed by atoms with Crippen molar-refractivity contribution < 1.29 is 4.79 Å². The van der Waals surface area contributed by atoms with Crippen LogP contribution in [0.3, 0.4) is 0 Å². The molecule has 0 fully saturated rings. The number of H-pyrrole nitrogens is 1. The summed E-state index contributed by atoms with van der Waals surface area (Å²) in [6, 6.07) is 19.0. The fourth-order valence-corrected chi connectivity index (χ4v) is 4.81. The molecule has 1 unspecified atom stereocenters. The van der Waals surface area contributed by atoms with Crippen molar-refractivity contribution in [2.24, 2.45) is 0 Å². The summed E-state index contributed by atoms with van der Waals surface area (Å²) >= 11 is 0. The number of fused-ring (bicyclic) bond motifs is 1. The highest BCUT2D eigenvalue weighted by Gasteiger charge is 2.20. The predicted octanol–water partition coefficient (Wildman–Crippen LogP) is 4.84. The number of rotatable bonds is 10. The zero-order chi connectivity index (χ0) is 25.7. The average molecular weight is 483 g/mol. The molecule has 1 amide bonds. The van der Waals surface area contributed by atoms with Crippen molar-refractivity contribution in [1.82, 2.24) is 20.1 Å². The van der Waals surface area contributed by atoms with Gasteiger partial charge < -0.3 is 15.2 Å². The predicted molar refractivity (Wildman–Crippen MR) is 144 cm³/mol. The van der Waals surface area contributed by atoms with Gasteiger partial charge >= 0.3 is 0 Å². The van der Waals surface area contributed by atoms with Gasteiger partial charge in [-0.2, -0.15) is 10.4 Å². The van der Waals surface area contributed by atoms with Crippen LogP contribution in [-0.2, 0) is 17.8 Å². The third kappa shape index (κ3) is 5.44. The molecule has 0 aliphatic rings. The molecule has 0 spiro atoms. The molecular weight excluding hydrogens is 448 g/mol. The number of carbonyl (C=O) groups is 1. The average Bonchev–Trinajstić information content (AvgIpc) is 3.42. The quantitative estimate of drug-likeness (QED) is 0.338. The largest absolute Gasteiger partial charge is 0.378 e. The van der Waals surface area contributed by atoms with Gasteiger partial charge in [0.1, 0.15) is 0 Å². The Kier molecular flexibility index (Phi) is 7.74. The van der Waals surface area contributed by atoms with Gasteiger partial charge in [-0.1, -0.05) is 30.3 Å². The highest BCUT2D eigenvalue weighted by molar-refractivity contribution is 5.84. The smallest absolute Gasteiger partial charge is 0.220 e. The summed E-state index contributed by atoms with van der Waals surface area (Å²) < 4.78 is 1.87. The second-order valence-corrected chi connectivity index (χ2v) is 9.41. The number of aryl methyl sites for hydroxylation is 2. The first-order valence-corrected chi connectivity index (χ1v) is 12.4. The Morgan fingerprint density at radius 3 is 2.64 bits per heavy atom. The van der Waals surface area contributed by atoms with Crippen LogP contribution in [0.25, 0.3) is 10.9 Å². The van der Waals surface area contributed by atoms with Crippen LogP contribution in [0.5, 0.6) is 0 Å². The summed E-state index contributed by atoms with van der Waals surface area (Å²) in [7, 11) is 4.06. The molecule has 186 valence electrons. The van der Waals surface area contributed by atoms with Crippen LogP contribution in [0, 0.1) is 25.2 Å². The van der Waals surface area contributed by atoms with Crippen molar-refractivity contribution in [2.45, 2.75) is 45.6 Å². The molecule has 0 bridgehead atoms. The van der Waals surface area contributed by atoms with E-state index in [1.807, 2.05) is 44.8 Å². The van der Waals surface area contributed by atoms with Crippen LogP contribution in [0.2, 0.25) is 0 Å². The molecule has 2 aromatic heterocycles. The van der Waals surface area contributed by atoms with Gasteiger partial charge in [0.2, 0.25) is 5.91 Å². The number of nitrogens with one attached hydrogen (secondary N) is 2. The van der Waals surface area contributed by atoms with Gasteiger partial charge in [0, 0.05) is 61.5 Å². The fourth-order valence-electron chi connectivity index (χ4n) is 4.81. The first-order valence-electron chi connectivity index (χ1n) is 12.4. The Morgan fingerprint density at radius 2 is 1.92 bits per heavy atom. The molecule has 0 aliphatic carbocycles. The van der Waals surface area contributed by atoms with Gasteiger partial charge in [0.15, 0.2) is 0 Å². The highest BCUT2D eigenvalue weighted by atomic mass is 16.1. The summed E-state index contributed by atoms with van der Waals surface area (Å²) in [5.74, 6) is 0.0480. The summed E-state index contributed by atoms with van der Waals surface area (Å²) in [5.41, 5.74) is 7.62. The molecule has 0 radical (unpaired) electrons. The summed E-state index contributed by atoms with van der Waals surface area (Å²) in [6.45, 7) is 5.07. The van der Waals surface area contributed by atoms with Crippen LogP contribution in [-0.4, -0.2) is 41.3 Å². The van der Waals surface area contributed by atoms with E-state index in [4.69, 9.17) is 5.26 Å². The molecule has 4 rings (SSSR count). The Labute approximate surface area is 212 Å². The van der Waals surface area contributed by atoms with Gasteiger partial charge in [-0.15, -0.1) is 0 Å². The Bertz CT molecular complexity index is 1370. The lowest BCUT2D eigenvalue weighted by Gasteiger charge is -2.20. The maximum atomic E-state index is 12.9. The van der Waals surface area contributed by atoms with Gasteiger partial charge in [-0.3, -0.25) is 9.48 Å². The van der Waals surface area contributed by atoms with Crippen LogP contribution in [0.4, 0.5) is 5.69 Å². The van der Waals surface area contributed by atoms with Crippen molar-refractivity contribution in [3.63, 3.8) is 0 Å². The van der Waals surface area contributed by atoms with E-state index in [0.29, 0.717) is 32.4 Å². The van der Waals surface area contributed by atoms with E-state index in [1.54, 1.807) is 0 Å². The molecule has 1 atom stereocenters. The SMILES string of the molecule is Cc1nn(CCC#N)c(C)c1CCC(=O)NCC(c1ccc(N(C)C)cc1)c1c[nH]c2ccccc12. The van der Waals surface area contributed by atoms with E-state index >= 15 is 0 Å². The summed E-state index contributed by atoms with van der Waals surface area (Å²) in [5, 5.41) is 17.8. The lowest BCUT2D eigenvalue weighted by atomic mass is 9.90. The maximum absolute atomic E-state index is 12.9. The molecule has 2 aromatic carbocycles. The van der Waals surface area contributed by atoms with Crippen molar-refractivity contribution in [2.75, 3.05) is 25.5 Å². The second kappa shape index (κ2) is 11.1. The van der Waals surface area contributed by atoms with E-state index in [0.717, 1.165) is 33.7 Å². The second-order valence-electron chi connectivity index (χ2n) is 9.41. The zero-order valence-corrected chi connectivity index (χ0v) is 21.5. The number of anilines is 1. The van der Waals surface area contributed by atoms with Crippen molar-refractivity contribution in [3.8, 4) is 6.07 Å². The number of hydrogen-bond donors (Lipinski definition) is 2. The molecule has 0 aliphatic heterocycles. The Hall–Kier alpha value is -4.05. The van der Waals surface area contributed by atoms with Gasteiger partial charge in [-0.05, 0) is 55.2 Å². The first-order chi connectivity index (χ1) is 17.4. The lowest BCUT2D eigenvalue weighted by Crippen LogP contribution is -2.29. The third-order valence-electron chi connectivity index (χ3n) is 6.88. The van der Waals surface area contributed by atoms with E-state index in [2.05, 4.69) is 69.0 Å². The van der Waals surface area contributed by atoms with E-state index in [-0.39, 0.29) is 11.8 Å². The number of para-hydroxylation sites is 1. The normalized spacial score (nSPS) is 11.9. The van der Waals surface area contributed by atoms with Crippen LogP contribution in [0.1, 0.15) is 46.8 Å². The molecular formula is C29H34N6O. The molecule has 4 aromatic rings. The fraction of sp³-hybridized carbons (Fsp3) is 0.345. The Morgan fingerprint density at radius 1 is 1.17 bits per heavy atom. The lowest BCUT2D eigenvalue weighted by molar-refractivity contribution is -0.121. The topological polar surface area (TPSA) is 89.7 Å². The monoisotopic (exact) mass is 482 g/mol. The van der Waals surface area contributed by atoms with Crippen molar-refractivity contribution in [3.05, 3.63) is 82.8 Å². The third-order valence-corrected chi connectivity index (χ3v) is 6.88. The summed E-state index contributed by atoms with van der Waals surface area (Å²) in [6.07, 6.45) is 3.51. The minimum Gasteiger partial charge on any atom is -0.378 e. The maximum Gasteiger partial charge on any atom is 0.220 e. The van der Waals surface area contributed by atoms with E-state index < -0.39 is 0 Å². The molecule has 7 nitrogen and oxygen atoms in total. The van der Waals surface area contributed by atoms with Crippen LogP contribution in [0.15, 0.2) is 54.7 Å². The molecule has 2 N–H and O–H groups in total. The highest BCUT2D eigenvalue weighted by Crippen LogP contribution is 2.31. The standard InChI is InChI=1S/C29H34N6O/c1-20-24(21(2)35(33-20)17-7-16-30)14-15-29(36)32-18-26(22-10-12-23(13-11-22)34(3)4)27-19-31-28-9-6-5-8-25(27)28/h5-6,8-13,19,26,31H,7,14-15,17-18H2,1-4H3,(H,32,36). The van der Waals surface area contributed by atoms with Gasteiger partial charge in [-0.25, -0.2) is 0 Å². The summed E-state index contributed by atoms with van der Waals surface area (Å²) in [4.78, 5) is 18.4. The van der Waals surface area contributed by atoms with E-state index in [1.165, 1.54) is 10.9 Å². The number of aromatic amines is 1. The van der Waals surface area contributed by atoms with E-state index in [9.17, 15) is 4.79 Å². The first kappa shape index (κ1) is 25.1. The Balaban J connectivity index is 1.49. The minimum atomic E-state index is 0.0216. The molecule has 7 heteroatoms. The number of aromatic nitrogens is 3. The van der Waals surface area contributed by atoms with Crippen LogP contribution < -0.4 is 10.2 Å². The number of hydrogen-bond acceptors (Lipinski definition) is 4. The molecule has 2 heterocycles. The number of carbonyl (C=O) groups excluding carboxylic acids is 1. The minimum absolute atomic E-state index is 0.0216. The molecule has 0 saturated heterocycles. The number of nitrogens with zero attached hydrogens (tertiary/aromatic N) is 4. The zero-order valence-electron chi connectivity index (χ0n) is 21.5. The molecule has 0 saturated carbocycles. The number of nitriles is 1. The van der Waals surface area contributed by atoms with Gasteiger partial charge in [0.05, 0.1) is 24.7 Å². The number of benzene rings is 2. The van der Waals surface area contributed by atoms with Crippen molar-refractivity contribution in [1.29, 1.82) is 5.26 Å². The molecule has 36 heavy (non-hydrogen) atoms. The number of amides is 1. The van der Waals surface area contributed by atoms with Crippen molar-refractivity contribution >= 4 is 22.5 Å².